The van der Waals surface area contributed by atoms with Gasteiger partial charge in [0.05, 0.1) is 30.1 Å². The van der Waals surface area contributed by atoms with Gasteiger partial charge in [0, 0.05) is 30.9 Å². The number of rotatable bonds is 7. The molecule has 3 heterocycles. The second-order valence-corrected chi connectivity index (χ2v) is 14.2. The highest BCUT2D eigenvalue weighted by Crippen LogP contribution is 2.31. The lowest BCUT2D eigenvalue weighted by atomic mass is 10.1. The summed E-state index contributed by atoms with van der Waals surface area (Å²) < 4.78 is 49.0. The molecule has 2 atom stereocenters. The smallest absolute Gasteiger partial charge is 0.245 e. The van der Waals surface area contributed by atoms with Crippen LogP contribution in [0.1, 0.15) is 19.4 Å². The van der Waals surface area contributed by atoms with Crippen molar-refractivity contribution in [2.24, 2.45) is 0 Å². The number of hydrogen-bond donors (Lipinski definition) is 1. The molecule has 0 spiro atoms. The molecular formula is C23H30N6O5S3. The maximum absolute atomic E-state index is 13.0. The normalized spacial score (nSPS) is 19.2. The molecule has 1 fully saturated rings. The van der Waals surface area contributed by atoms with E-state index in [2.05, 4.69) is 38.9 Å². The van der Waals surface area contributed by atoms with Crippen LogP contribution in [0.3, 0.4) is 0 Å². The third-order valence-electron chi connectivity index (χ3n) is 6.16. The van der Waals surface area contributed by atoms with Gasteiger partial charge in [-0.1, -0.05) is 6.07 Å². The molecule has 1 aliphatic heterocycles. The van der Waals surface area contributed by atoms with Crippen LogP contribution in [0, 0.1) is 6.92 Å². The molecule has 0 radical (unpaired) electrons. The zero-order valence-electron chi connectivity index (χ0n) is 21.2. The maximum Gasteiger partial charge on any atom is 0.245 e. The highest BCUT2D eigenvalue weighted by molar-refractivity contribution is 8.09. The number of nitrogens with one attached hydrogen (secondary N) is 1. The summed E-state index contributed by atoms with van der Waals surface area (Å²) in [6.07, 6.45) is 3.22. The van der Waals surface area contributed by atoms with Gasteiger partial charge in [-0.2, -0.15) is 3.71 Å². The van der Waals surface area contributed by atoms with Crippen molar-refractivity contribution in [1.82, 2.24) is 14.9 Å². The monoisotopic (exact) mass is 566 g/mol. The number of carbonyl (C=O) groups excluding carboxylic acids is 1. The van der Waals surface area contributed by atoms with E-state index in [4.69, 9.17) is 0 Å². The fraction of sp³-hybridized carbons (Fsp3) is 0.435. The van der Waals surface area contributed by atoms with E-state index in [1.165, 1.54) is 12.1 Å². The average Bonchev–Trinajstić information content (AvgIpc) is 3.23. The molecule has 2 unspecified atom stereocenters. The van der Waals surface area contributed by atoms with E-state index in [-0.39, 0.29) is 30.2 Å². The molecule has 3 aromatic rings. The van der Waals surface area contributed by atoms with Gasteiger partial charge in [0.1, 0.15) is 17.0 Å². The molecule has 11 nitrogen and oxygen atoms in total. The third-order valence-corrected chi connectivity index (χ3v) is 10.2. The Morgan fingerprint density at radius 1 is 1.08 bits per heavy atom. The molecule has 1 amide bonds. The number of anilines is 3. The minimum Gasteiger partial charge on any atom is -0.348 e. The van der Waals surface area contributed by atoms with Gasteiger partial charge < -0.3 is 10.2 Å². The third kappa shape index (κ3) is 5.87. The Morgan fingerprint density at radius 3 is 2.35 bits per heavy atom. The largest absolute Gasteiger partial charge is 0.348 e. The number of benzene rings is 1. The van der Waals surface area contributed by atoms with Gasteiger partial charge in [-0.05, 0) is 49.9 Å². The quantitative estimate of drug-likeness (QED) is 0.457. The molecule has 0 aliphatic carbocycles. The van der Waals surface area contributed by atoms with Crippen LogP contribution in [0.4, 0.5) is 17.2 Å². The number of nitrogens with zero attached hydrogens (tertiary/aromatic N) is 5. The Balaban J connectivity index is 1.48. The van der Waals surface area contributed by atoms with E-state index in [0.717, 1.165) is 28.5 Å². The van der Waals surface area contributed by atoms with Crippen molar-refractivity contribution in [3.8, 4) is 0 Å². The molecule has 200 valence electrons. The summed E-state index contributed by atoms with van der Waals surface area (Å²) in [5.74, 6) is 0.615. The van der Waals surface area contributed by atoms with E-state index in [1.54, 1.807) is 30.7 Å². The molecule has 1 N–H and O–H groups in total. The molecule has 4 rings (SSSR count). The van der Waals surface area contributed by atoms with E-state index < -0.39 is 20.0 Å². The van der Waals surface area contributed by atoms with E-state index in [9.17, 15) is 21.6 Å². The Hall–Kier alpha value is -2.81. The van der Waals surface area contributed by atoms with Gasteiger partial charge in [-0.25, -0.2) is 26.8 Å². The first-order chi connectivity index (χ1) is 17.3. The zero-order valence-corrected chi connectivity index (χ0v) is 23.7. The number of hydrogen-bond acceptors (Lipinski definition) is 10. The fourth-order valence-electron chi connectivity index (χ4n) is 4.84. The van der Waals surface area contributed by atoms with Crippen LogP contribution >= 0.6 is 11.3 Å². The first-order valence-electron chi connectivity index (χ1n) is 11.6. The number of fused-ring (bicyclic) bond motifs is 1. The lowest BCUT2D eigenvalue weighted by molar-refractivity contribution is -0.117. The first-order valence-corrected chi connectivity index (χ1v) is 16.1. The Morgan fingerprint density at radius 2 is 1.73 bits per heavy atom. The summed E-state index contributed by atoms with van der Waals surface area (Å²) in [7, 11) is -8.19. The minimum absolute atomic E-state index is 0.0636. The molecule has 1 aromatic carbocycles. The predicted octanol–water partition coefficient (Wildman–Crippen LogP) is 2.26. The zero-order chi connectivity index (χ0) is 27.1. The van der Waals surface area contributed by atoms with E-state index >= 15 is 0 Å². The molecule has 0 saturated carbocycles. The van der Waals surface area contributed by atoms with Crippen molar-refractivity contribution < 1.29 is 21.6 Å². The number of aromatic nitrogens is 2. The summed E-state index contributed by atoms with van der Waals surface area (Å²) in [6.45, 7) is 7.36. The van der Waals surface area contributed by atoms with Gasteiger partial charge in [0.25, 0.3) is 0 Å². The van der Waals surface area contributed by atoms with Crippen LogP contribution < -0.4 is 13.9 Å². The van der Waals surface area contributed by atoms with Gasteiger partial charge in [-0.3, -0.25) is 9.69 Å². The van der Waals surface area contributed by atoms with Crippen molar-refractivity contribution in [3.05, 3.63) is 41.5 Å². The highest BCUT2D eigenvalue weighted by atomic mass is 32.3. The number of thiophene rings is 1. The number of aryl methyl sites for hydroxylation is 1. The standard InChI is InChI=1S/C23H30N6O5S3/c1-15-6-7-18(29(36(4,31)32)37(5,33)34)10-20(15)26-21(30)13-27-11-16(2)28(17(3)12-27)22-19-8-9-35-23(19)25-14-24-22/h6-10,14,16-17H,11-13H2,1-5H3,(H,26,30). The Labute approximate surface area is 221 Å². The van der Waals surface area contributed by atoms with E-state index in [0.29, 0.717) is 28.1 Å². The summed E-state index contributed by atoms with van der Waals surface area (Å²) >= 11 is 1.57. The number of piperazine rings is 1. The first kappa shape index (κ1) is 27.2. The van der Waals surface area contributed by atoms with Crippen LogP contribution in [0.25, 0.3) is 10.2 Å². The molecule has 37 heavy (non-hydrogen) atoms. The van der Waals surface area contributed by atoms with Gasteiger partial charge in [0.2, 0.25) is 26.0 Å². The molecule has 1 aliphatic rings. The molecule has 14 heteroatoms. The van der Waals surface area contributed by atoms with Gasteiger partial charge in [0.15, 0.2) is 0 Å². The van der Waals surface area contributed by atoms with Gasteiger partial charge >= 0.3 is 0 Å². The van der Waals surface area contributed by atoms with Crippen molar-refractivity contribution in [3.63, 3.8) is 0 Å². The summed E-state index contributed by atoms with van der Waals surface area (Å²) in [5, 5.41) is 5.84. The van der Waals surface area contributed by atoms with Crippen molar-refractivity contribution in [2.45, 2.75) is 32.9 Å². The summed E-state index contributed by atoms with van der Waals surface area (Å²) in [5.41, 5.74) is 0.959. The highest BCUT2D eigenvalue weighted by Gasteiger charge is 2.33. The number of amides is 1. The van der Waals surface area contributed by atoms with Crippen LogP contribution in [0.5, 0.6) is 0 Å². The van der Waals surface area contributed by atoms with Crippen LogP contribution in [0.2, 0.25) is 0 Å². The Bertz CT molecular complexity index is 1500. The molecule has 0 bridgehead atoms. The van der Waals surface area contributed by atoms with Gasteiger partial charge in [-0.15, -0.1) is 11.3 Å². The number of carbonyl (C=O) groups is 1. The Kier molecular flexibility index (Phi) is 7.48. The van der Waals surface area contributed by atoms with Crippen LogP contribution in [-0.2, 0) is 24.8 Å². The average molecular weight is 567 g/mol. The lowest BCUT2D eigenvalue weighted by Gasteiger charge is -2.45. The SMILES string of the molecule is Cc1ccc(N(S(C)(=O)=O)S(C)(=O)=O)cc1NC(=O)CN1CC(C)N(c2ncnc3sccc23)C(C)C1. The minimum atomic E-state index is -4.10. The lowest BCUT2D eigenvalue weighted by Crippen LogP contribution is -2.58. The number of sulfonamides is 2. The molecule has 1 saturated heterocycles. The van der Waals surface area contributed by atoms with Crippen LogP contribution in [0.15, 0.2) is 36.0 Å². The fourth-order valence-corrected chi connectivity index (χ4v) is 8.53. The summed E-state index contributed by atoms with van der Waals surface area (Å²) in [4.78, 5) is 27.1. The second-order valence-electron chi connectivity index (χ2n) is 9.41. The maximum atomic E-state index is 13.0. The van der Waals surface area contributed by atoms with Crippen LogP contribution in [-0.4, -0.2) is 81.8 Å². The van der Waals surface area contributed by atoms with E-state index in [1.807, 2.05) is 11.4 Å². The molecular weight excluding hydrogens is 536 g/mol. The van der Waals surface area contributed by atoms with Crippen molar-refractivity contribution in [1.29, 1.82) is 0 Å². The second kappa shape index (κ2) is 10.2. The van der Waals surface area contributed by atoms with Crippen molar-refractivity contribution in [2.75, 3.05) is 46.1 Å². The topological polar surface area (TPSA) is 133 Å². The van der Waals surface area contributed by atoms with Crippen molar-refractivity contribution >= 4 is 64.7 Å². The molecule has 2 aromatic heterocycles. The summed E-state index contributed by atoms with van der Waals surface area (Å²) in [6, 6.07) is 6.55. The predicted molar refractivity (Wildman–Crippen MR) is 147 cm³/mol.